The summed E-state index contributed by atoms with van der Waals surface area (Å²) in [6, 6.07) is 10.9. The van der Waals surface area contributed by atoms with Crippen molar-refractivity contribution in [3.05, 3.63) is 35.9 Å². The van der Waals surface area contributed by atoms with Gasteiger partial charge in [-0.15, -0.1) is 0 Å². The molecule has 1 aliphatic carbocycles. The van der Waals surface area contributed by atoms with Crippen LogP contribution in [0.3, 0.4) is 0 Å². The van der Waals surface area contributed by atoms with Crippen LogP contribution < -0.4 is 5.32 Å². The van der Waals surface area contributed by atoms with Gasteiger partial charge in [0.2, 0.25) is 5.91 Å². The molecule has 1 aromatic carbocycles. The predicted octanol–water partition coefficient (Wildman–Crippen LogP) is 2.61. The largest absolute Gasteiger partial charge is 0.341 e. The third-order valence-corrected chi connectivity index (χ3v) is 4.60. The van der Waals surface area contributed by atoms with Crippen molar-refractivity contribution in [2.24, 2.45) is 5.92 Å². The van der Waals surface area contributed by atoms with Crippen LogP contribution in [0.25, 0.3) is 0 Å². The first kappa shape index (κ1) is 14.6. The van der Waals surface area contributed by atoms with E-state index in [4.69, 9.17) is 0 Å². The molecule has 1 saturated carbocycles. The average Bonchev–Trinajstić information content (AvgIpc) is 3.18. The smallest absolute Gasteiger partial charge is 0.222 e. The summed E-state index contributed by atoms with van der Waals surface area (Å²) in [6.07, 6.45) is 6.58. The molecule has 2 fully saturated rings. The molecule has 1 amide bonds. The topological polar surface area (TPSA) is 32.3 Å². The van der Waals surface area contributed by atoms with Crippen molar-refractivity contribution in [1.29, 1.82) is 0 Å². The van der Waals surface area contributed by atoms with Crippen molar-refractivity contribution in [3.8, 4) is 0 Å². The number of carbonyl (C=O) groups is 1. The molecular weight excluding hydrogens is 260 g/mol. The van der Waals surface area contributed by atoms with Gasteiger partial charge in [-0.2, -0.15) is 0 Å². The molecule has 1 atom stereocenters. The van der Waals surface area contributed by atoms with Crippen molar-refractivity contribution >= 4 is 5.91 Å². The molecular formula is C18H26N2O. The zero-order valence-electron chi connectivity index (χ0n) is 12.8. The van der Waals surface area contributed by atoms with Crippen LogP contribution in [0, 0.1) is 5.92 Å². The van der Waals surface area contributed by atoms with Crippen molar-refractivity contribution in [1.82, 2.24) is 10.2 Å². The molecule has 114 valence electrons. The molecule has 1 aliphatic heterocycles. The molecule has 2 aliphatic rings. The first-order chi connectivity index (χ1) is 10.3. The number of amides is 1. The number of nitrogens with zero attached hydrogens (tertiary/aromatic N) is 1. The molecule has 1 aromatic rings. The van der Waals surface area contributed by atoms with Crippen molar-refractivity contribution in [2.75, 3.05) is 19.6 Å². The molecule has 3 nitrogen and oxygen atoms in total. The lowest BCUT2D eigenvalue weighted by Crippen LogP contribution is -2.42. The van der Waals surface area contributed by atoms with E-state index in [-0.39, 0.29) is 0 Å². The van der Waals surface area contributed by atoms with Crippen LogP contribution in [0.2, 0.25) is 0 Å². The number of hydrogen-bond donors (Lipinski definition) is 1. The summed E-state index contributed by atoms with van der Waals surface area (Å²) in [4.78, 5) is 14.7. The van der Waals surface area contributed by atoms with Gasteiger partial charge in [-0.3, -0.25) is 4.79 Å². The molecule has 3 rings (SSSR count). The standard InChI is InChI=1S/C18H26N2O/c21-18(11-10-15-5-2-1-3-6-15)20(13-16-8-9-16)14-17-7-4-12-19-17/h1-3,5-6,16-17,19H,4,7-14H2. The van der Waals surface area contributed by atoms with Crippen LogP contribution >= 0.6 is 0 Å². The Hall–Kier alpha value is -1.35. The fourth-order valence-electron chi connectivity index (χ4n) is 3.12. The van der Waals surface area contributed by atoms with Gasteiger partial charge in [-0.1, -0.05) is 30.3 Å². The number of rotatable bonds is 7. The monoisotopic (exact) mass is 286 g/mol. The minimum Gasteiger partial charge on any atom is -0.341 e. The Morgan fingerprint density at radius 3 is 2.62 bits per heavy atom. The van der Waals surface area contributed by atoms with Crippen LogP contribution in [0.4, 0.5) is 0 Å². The highest BCUT2D eigenvalue weighted by atomic mass is 16.2. The van der Waals surface area contributed by atoms with Gasteiger partial charge in [-0.05, 0) is 50.1 Å². The number of aryl methyl sites for hydroxylation is 1. The Labute approximate surface area is 127 Å². The minimum absolute atomic E-state index is 0.333. The van der Waals surface area contributed by atoms with Crippen molar-refractivity contribution in [3.63, 3.8) is 0 Å². The van der Waals surface area contributed by atoms with Crippen molar-refractivity contribution < 1.29 is 4.79 Å². The normalized spacial score (nSPS) is 21.4. The number of nitrogens with one attached hydrogen (secondary N) is 1. The summed E-state index contributed by atoms with van der Waals surface area (Å²) in [5, 5.41) is 3.52. The molecule has 0 radical (unpaired) electrons. The summed E-state index contributed by atoms with van der Waals surface area (Å²) in [5.41, 5.74) is 1.26. The fraction of sp³-hybridized carbons (Fsp3) is 0.611. The SMILES string of the molecule is O=C(CCc1ccccc1)N(CC1CC1)CC1CCCN1. The molecule has 0 aromatic heterocycles. The lowest BCUT2D eigenvalue weighted by Gasteiger charge is -2.26. The van der Waals surface area contributed by atoms with E-state index in [2.05, 4.69) is 22.3 Å². The van der Waals surface area contributed by atoms with Crippen LogP contribution in [-0.4, -0.2) is 36.5 Å². The Balaban J connectivity index is 1.52. The summed E-state index contributed by atoms with van der Waals surface area (Å²) in [5.74, 6) is 1.10. The van der Waals surface area contributed by atoms with Gasteiger partial charge in [0.1, 0.15) is 0 Å². The third kappa shape index (κ3) is 4.57. The summed E-state index contributed by atoms with van der Waals surface area (Å²) < 4.78 is 0. The zero-order valence-corrected chi connectivity index (χ0v) is 12.8. The van der Waals surface area contributed by atoms with E-state index >= 15 is 0 Å². The van der Waals surface area contributed by atoms with E-state index in [1.54, 1.807) is 0 Å². The quantitative estimate of drug-likeness (QED) is 0.835. The molecule has 1 saturated heterocycles. The highest BCUT2D eigenvalue weighted by molar-refractivity contribution is 5.76. The second-order valence-corrected chi connectivity index (χ2v) is 6.52. The molecule has 1 heterocycles. The molecule has 1 N–H and O–H groups in total. The number of benzene rings is 1. The van der Waals surface area contributed by atoms with Gasteiger partial charge in [0.15, 0.2) is 0 Å². The Kier molecular flexibility index (Phi) is 4.91. The summed E-state index contributed by atoms with van der Waals surface area (Å²) >= 11 is 0. The van der Waals surface area contributed by atoms with Crippen LogP contribution in [0.1, 0.15) is 37.7 Å². The molecule has 0 bridgehead atoms. The fourth-order valence-corrected chi connectivity index (χ4v) is 3.12. The number of carbonyl (C=O) groups excluding carboxylic acids is 1. The van der Waals surface area contributed by atoms with Crippen LogP contribution in [0.15, 0.2) is 30.3 Å². The second kappa shape index (κ2) is 7.08. The summed E-state index contributed by atoms with van der Waals surface area (Å²) in [7, 11) is 0. The van der Waals surface area contributed by atoms with Crippen LogP contribution in [-0.2, 0) is 11.2 Å². The van der Waals surface area contributed by atoms with Gasteiger partial charge in [0.25, 0.3) is 0 Å². The first-order valence-corrected chi connectivity index (χ1v) is 8.36. The number of hydrogen-bond acceptors (Lipinski definition) is 2. The molecule has 0 spiro atoms. The van der Waals surface area contributed by atoms with Gasteiger partial charge in [-0.25, -0.2) is 0 Å². The average molecular weight is 286 g/mol. The maximum atomic E-state index is 12.6. The van der Waals surface area contributed by atoms with E-state index < -0.39 is 0 Å². The van der Waals surface area contributed by atoms with E-state index in [0.717, 1.165) is 32.0 Å². The highest BCUT2D eigenvalue weighted by Gasteiger charge is 2.28. The predicted molar refractivity (Wildman–Crippen MR) is 85.1 cm³/mol. The van der Waals surface area contributed by atoms with Crippen molar-refractivity contribution in [2.45, 2.75) is 44.6 Å². The highest BCUT2D eigenvalue weighted by Crippen LogP contribution is 2.30. The maximum absolute atomic E-state index is 12.6. The zero-order chi connectivity index (χ0) is 14.5. The van der Waals surface area contributed by atoms with E-state index in [1.807, 2.05) is 18.2 Å². The van der Waals surface area contributed by atoms with E-state index in [1.165, 1.54) is 31.2 Å². The first-order valence-electron chi connectivity index (χ1n) is 8.36. The molecule has 3 heteroatoms. The van der Waals surface area contributed by atoms with Gasteiger partial charge in [0.05, 0.1) is 0 Å². The summed E-state index contributed by atoms with van der Waals surface area (Å²) in [6.45, 7) is 3.00. The second-order valence-electron chi connectivity index (χ2n) is 6.52. The minimum atomic E-state index is 0.333. The van der Waals surface area contributed by atoms with Gasteiger partial charge >= 0.3 is 0 Å². The van der Waals surface area contributed by atoms with Gasteiger partial charge < -0.3 is 10.2 Å². The van der Waals surface area contributed by atoms with E-state index in [0.29, 0.717) is 18.4 Å². The Morgan fingerprint density at radius 2 is 1.95 bits per heavy atom. The van der Waals surface area contributed by atoms with E-state index in [9.17, 15) is 4.79 Å². The Bertz CT molecular complexity index is 450. The molecule has 21 heavy (non-hydrogen) atoms. The van der Waals surface area contributed by atoms with Crippen LogP contribution in [0.5, 0.6) is 0 Å². The lowest BCUT2D eigenvalue weighted by atomic mass is 10.1. The lowest BCUT2D eigenvalue weighted by molar-refractivity contribution is -0.131. The maximum Gasteiger partial charge on any atom is 0.222 e. The van der Waals surface area contributed by atoms with Gasteiger partial charge in [0, 0.05) is 25.6 Å². The third-order valence-electron chi connectivity index (χ3n) is 4.60. The molecule has 1 unspecified atom stereocenters. The Morgan fingerprint density at radius 1 is 1.14 bits per heavy atom.